The van der Waals surface area contributed by atoms with E-state index in [4.69, 9.17) is 10.5 Å². The third kappa shape index (κ3) is 2.55. The Morgan fingerprint density at radius 1 is 1.15 bits per heavy atom. The number of amides is 1. The summed E-state index contributed by atoms with van der Waals surface area (Å²) in [6.45, 7) is 0. The molecule has 5 nitrogen and oxygen atoms in total. The van der Waals surface area contributed by atoms with E-state index in [0.29, 0.717) is 28.7 Å². The number of carbonyl (C=O) groups excluding carboxylic acids is 1. The summed E-state index contributed by atoms with van der Waals surface area (Å²) in [7, 11) is 0. The van der Waals surface area contributed by atoms with Crippen LogP contribution in [0.5, 0.6) is 11.5 Å². The maximum atomic E-state index is 10.4. The zero-order valence-corrected chi connectivity index (χ0v) is 11.2. The summed E-state index contributed by atoms with van der Waals surface area (Å²) in [5, 5.41) is 3.11. The Morgan fingerprint density at radius 3 is 2.65 bits per heavy atom. The third-order valence-corrected chi connectivity index (χ3v) is 3.61. The van der Waals surface area contributed by atoms with Gasteiger partial charge in [0, 0.05) is 11.8 Å². The molecule has 0 aliphatic carbocycles. The van der Waals surface area contributed by atoms with Gasteiger partial charge >= 0.3 is 0 Å². The number of fused-ring (bicyclic) bond motifs is 1. The van der Waals surface area contributed by atoms with Crippen LogP contribution in [0.2, 0.25) is 0 Å². The van der Waals surface area contributed by atoms with Gasteiger partial charge in [-0.3, -0.25) is 4.79 Å². The molecule has 0 atom stereocenters. The van der Waals surface area contributed by atoms with Gasteiger partial charge in [-0.15, -0.1) is 0 Å². The Kier molecular flexibility index (Phi) is 3.22. The Hall–Kier alpha value is -2.60. The van der Waals surface area contributed by atoms with Crippen molar-refractivity contribution in [2.45, 2.75) is 0 Å². The van der Waals surface area contributed by atoms with Gasteiger partial charge in [0.05, 0.1) is 10.2 Å². The molecular formula is C14H11N3O2S. The standard InChI is InChI=1S/C14H11N3O2S/c15-9-1-3-10(4-2-9)19-11-5-6-12-13(7-11)20-14(17-12)16-8-18/h1-8H,15H2,(H,16,17,18). The van der Waals surface area contributed by atoms with Gasteiger partial charge in [-0.1, -0.05) is 11.3 Å². The van der Waals surface area contributed by atoms with E-state index in [0.717, 1.165) is 10.2 Å². The molecule has 6 heteroatoms. The van der Waals surface area contributed by atoms with Gasteiger partial charge in [-0.2, -0.15) is 0 Å². The van der Waals surface area contributed by atoms with Gasteiger partial charge in [-0.25, -0.2) is 4.98 Å². The molecule has 0 saturated carbocycles. The van der Waals surface area contributed by atoms with Crippen molar-refractivity contribution in [3.05, 3.63) is 42.5 Å². The highest BCUT2D eigenvalue weighted by atomic mass is 32.1. The van der Waals surface area contributed by atoms with E-state index in [1.807, 2.05) is 30.3 Å². The number of rotatable bonds is 4. The van der Waals surface area contributed by atoms with Crippen LogP contribution in [0.15, 0.2) is 42.5 Å². The number of nitrogen functional groups attached to an aromatic ring is 1. The average molecular weight is 285 g/mol. The van der Waals surface area contributed by atoms with Crippen LogP contribution in [-0.4, -0.2) is 11.4 Å². The quantitative estimate of drug-likeness (QED) is 0.570. The largest absolute Gasteiger partial charge is 0.457 e. The van der Waals surface area contributed by atoms with Crippen molar-refractivity contribution in [3.63, 3.8) is 0 Å². The maximum Gasteiger partial charge on any atom is 0.213 e. The molecule has 0 fully saturated rings. The average Bonchev–Trinajstić information content (AvgIpc) is 2.83. The minimum absolute atomic E-state index is 0.569. The van der Waals surface area contributed by atoms with Gasteiger partial charge in [0.15, 0.2) is 5.13 Å². The lowest BCUT2D eigenvalue weighted by Gasteiger charge is -2.05. The van der Waals surface area contributed by atoms with Crippen LogP contribution >= 0.6 is 11.3 Å². The molecule has 0 radical (unpaired) electrons. The second-order valence-corrected chi connectivity index (χ2v) is 5.11. The molecule has 2 aromatic carbocycles. The van der Waals surface area contributed by atoms with Gasteiger partial charge < -0.3 is 15.8 Å². The summed E-state index contributed by atoms with van der Waals surface area (Å²) in [6.07, 6.45) is 0.615. The molecule has 20 heavy (non-hydrogen) atoms. The topological polar surface area (TPSA) is 77.2 Å². The number of nitrogens with zero attached hydrogens (tertiary/aromatic N) is 1. The fourth-order valence-electron chi connectivity index (χ4n) is 1.75. The number of carbonyl (C=O) groups is 1. The lowest BCUT2D eigenvalue weighted by Crippen LogP contribution is -1.91. The second-order valence-electron chi connectivity index (χ2n) is 4.08. The van der Waals surface area contributed by atoms with Crippen molar-refractivity contribution in [3.8, 4) is 11.5 Å². The van der Waals surface area contributed by atoms with Crippen LogP contribution in [0.4, 0.5) is 10.8 Å². The number of ether oxygens (including phenoxy) is 1. The number of hydrogen-bond acceptors (Lipinski definition) is 5. The molecule has 0 unspecified atom stereocenters. The summed E-state index contributed by atoms with van der Waals surface area (Å²) in [6, 6.07) is 12.8. The van der Waals surface area contributed by atoms with Crippen LogP contribution in [0.1, 0.15) is 0 Å². The van der Waals surface area contributed by atoms with Crippen LogP contribution in [0.3, 0.4) is 0 Å². The summed E-state index contributed by atoms with van der Waals surface area (Å²) in [5.41, 5.74) is 7.15. The summed E-state index contributed by atoms with van der Waals surface area (Å²) >= 11 is 1.40. The first-order valence-corrected chi connectivity index (χ1v) is 6.70. The molecule has 1 aromatic heterocycles. The van der Waals surface area contributed by atoms with Crippen LogP contribution in [-0.2, 0) is 4.79 Å². The predicted molar refractivity (Wildman–Crippen MR) is 80.2 cm³/mol. The maximum absolute atomic E-state index is 10.4. The van der Waals surface area contributed by atoms with Crippen molar-refractivity contribution in [2.24, 2.45) is 0 Å². The van der Waals surface area contributed by atoms with E-state index >= 15 is 0 Å². The number of thiazole rings is 1. The third-order valence-electron chi connectivity index (χ3n) is 2.66. The van der Waals surface area contributed by atoms with Gasteiger partial charge in [0.2, 0.25) is 6.41 Å². The first kappa shape index (κ1) is 12.4. The van der Waals surface area contributed by atoms with Crippen LogP contribution < -0.4 is 15.8 Å². The first-order valence-electron chi connectivity index (χ1n) is 5.89. The lowest BCUT2D eigenvalue weighted by atomic mass is 10.3. The summed E-state index contributed by atoms with van der Waals surface area (Å²) in [5.74, 6) is 1.43. The van der Waals surface area contributed by atoms with E-state index in [2.05, 4.69) is 10.3 Å². The van der Waals surface area contributed by atoms with E-state index in [9.17, 15) is 4.79 Å². The minimum atomic E-state index is 0.569. The molecule has 0 aliphatic heterocycles. The van der Waals surface area contributed by atoms with Gasteiger partial charge in [0.25, 0.3) is 0 Å². The Bertz CT molecular complexity index is 753. The Balaban J connectivity index is 1.88. The number of nitrogens with two attached hydrogens (primary N) is 1. The molecule has 0 aliphatic rings. The smallest absolute Gasteiger partial charge is 0.213 e. The van der Waals surface area contributed by atoms with E-state index in [1.165, 1.54) is 11.3 Å². The molecule has 1 amide bonds. The Morgan fingerprint density at radius 2 is 1.90 bits per heavy atom. The monoisotopic (exact) mass is 285 g/mol. The number of nitrogens with one attached hydrogen (secondary N) is 1. The van der Waals surface area contributed by atoms with E-state index < -0.39 is 0 Å². The van der Waals surface area contributed by atoms with Crippen molar-refractivity contribution >= 4 is 38.8 Å². The van der Waals surface area contributed by atoms with Crippen molar-refractivity contribution in [2.75, 3.05) is 11.1 Å². The number of anilines is 2. The number of hydrogen-bond donors (Lipinski definition) is 2. The highest BCUT2D eigenvalue weighted by molar-refractivity contribution is 7.22. The first-order chi connectivity index (χ1) is 9.74. The molecule has 1 heterocycles. The number of benzene rings is 2. The van der Waals surface area contributed by atoms with Crippen molar-refractivity contribution < 1.29 is 9.53 Å². The molecular weight excluding hydrogens is 274 g/mol. The van der Waals surface area contributed by atoms with Crippen molar-refractivity contribution in [1.82, 2.24) is 4.98 Å². The molecule has 3 N–H and O–H groups in total. The van der Waals surface area contributed by atoms with Crippen molar-refractivity contribution in [1.29, 1.82) is 0 Å². The van der Waals surface area contributed by atoms with E-state index in [-0.39, 0.29) is 0 Å². The fourth-order valence-corrected chi connectivity index (χ4v) is 2.61. The zero-order chi connectivity index (χ0) is 13.9. The van der Waals surface area contributed by atoms with Gasteiger partial charge in [-0.05, 0) is 36.4 Å². The van der Waals surface area contributed by atoms with Crippen LogP contribution in [0.25, 0.3) is 10.2 Å². The normalized spacial score (nSPS) is 10.4. The Labute approximate surface area is 119 Å². The zero-order valence-electron chi connectivity index (χ0n) is 10.4. The molecule has 3 rings (SSSR count). The number of aromatic nitrogens is 1. The summed E-state index contributed by atoms with van der Waals surface area (Å²) < 4.78 is 6.69. The molecule has 0 spiro atoms. The SMILES string of the molecule is Nc1ccc(Oc2ccc3nc(NC=O)sc3c2)cc1. The highest BCUT2D eigenvalue weighted by Gasteiger charge is 2.05. The fraction of sp³-hybridized carbons (Fsp3) is 0. The lowest BCUT2D eigenvalue weighted by molar-refractivity contribution is -0.105. The predicted octanol–water partition coefficient (Wildman–Crippen LogP) is 3.24. The summed E-state index contributed by atoms with van der Waals surface area (Å²) in [4.78, 5) is 14.7. The molecule has 3 aromatic rings. The molecule has 0 bridgehead atoms. The van der Waals surface area contributed by atoms with Crippen LogP contribution in [0, 0.1) is 0 Å². The van der Waals surface area contributed by atoms with Gasteiger partial charge in [0.1, 0.15) is 11.5 Å². The highest BCUT2D eigenvalue weighted by Crippen LogP contribution is 2.31. The second kappa shape index (κ2) is 5.18. The van der Waals surface area contributed by atoms with E-state index in [1.54, 1.807) is 12.1 Å². The molecule has 0 saturated heterocycles. The minimum Gasteiger partial charge on any atom is -0.457 e. The molecule has 100 valence electrons.